The third-order valence-electron chi connectivity index (χ3n) is 1.84. The third kappa shape index (κ3) is 3.54. The first-order valence-corrected chi connectivity index (χ1v) is 4.46. The zero-order valence-corrected chi connectivity index (χ0v) is 8.73. The Bertz CT molecular complexity index is 345. The predicted octanol–water partition coefficient (Wildman–Crippen LogP) is 0.984. The molecule has 0 bridgehead atoms. The fourth-order valence-corrected chi connectivity index (χ4v) is 1.05. The van der Waals surface area contributed by atoms with E-state index in [0.717, 1.165) is 0 Å². The van der Waals surface area contributed by atoms with E-state index in [9.17, 15) is 0 Å². The van der Waals surface area contributed by atoms with Crippen LogP contribution in [0.1, 0.15) is 5.69 Å². The first kappa shape index (κ1) is 11.4. The lowest BCUT2D eigenvalue weighted by molar-refractivity contribution is -0.0914. The molecule has 1 aromatic heterocycles. The number of aromatic nitrogens is 1. The number of nitriles is 1. The summed E-state index contributed by atoms with van der Waals surface area (Å²) < 4.78 is 10.0. The highest BCUT2D eigenvalue weighted by Gasteiger charge is 2.04. The molecule has 0 fully saturated rings. The number of pyridine rings is 1. The van der Waals surface area contributed by atoms with Gasteiger partial charge in [0.05, 0.1) is 6.54 Å². The Morgan fingerprint density at radius 2 is 2.20 bits per heavy atom. The van der Waals surface area contributed by atoms with Crippen molar-refractivity contribution < 1.29 is 9.47 Å². The van der Waals surface area contributed by atoms with Crippen molar-refractivity contribution in [1.82, 2.24) is 4.98 Å². The molecule has 0 aliphatic heterocycles. The number of anilines is 1. The number of ether oxygens (including phenoxy) is 2. The van der Waals surface area contributed by atoms with Crippen molar-refractivity contribution in [3.63, 3.8) is 0 Å². The van der Waals surface area contributed by atoms with E-state index in [1.807, 2.05) is 6.07 Å². The van der Waals surface area contributed by atoms with E-state index in [0.29, 0.717) is 18.1 Å². The van der Waals surface area contributed by atoms with Gasteiger partial charge in [-0.2, -0.15) is 5.26 Å². The van der Waals surface area contributed by atoms with Crippen molar-refractivity contribution in [1.29, 1.82) is 5.26 Å². The van der Waals surface area contributed by atoms with Gasteiger partial charge >= 0.3 is 0 Å². The van der Waals surface area contributed by atoms with E-state index in [1.165, 1.54) is 0 Å². The van der Waals surface area contributed by atoms with Crippen LogP contribution in [0, 0.1) is 11.3 Å². The molecular weight excluding hydrogens is 194 g/mol. The lowest BCUT2D eigenvalue weighted by atomic mass is 10.3. The fourth-order valence-electron chi connectivity index (χ4n) is 1.05. The molecule has 0 unspecified atom stereocenters. The molecule has 1 N–H and O–H groups in total. The Balaban J connectivity index is 2.54. The summed E-state index contributed by atoms with van der Waals surface area (Å²) in [7, 11) is 3.13. The zero-order valence-electron chi connectivity index (χ0n) is 8.73. The molecule has 0 saturated heterocycles. The molecule has 0 aromatic carbocycles. The van der Waals surface area contributed by atoms with Crippen molar-refractivity contribution in [2.45, 2.75) is 6.29 Å². The van der Waals surface area contributed by atoms with Crippen LogP contribution in [0.4, 0.5) is 5.82 Å². The highest BCUT2D eigenvalue weighted by Crippen LogP contribution is 2.04. The van der Waals surface area contributed by atoms with Crippen molar-refractivity contribution >= 4 is 5.82 Å². The molecule has 1 aromatic rings. The molecule has 0 saturated carbocycles. The molecule has 1 rings (SSSR count). The summed E-state index contributed by atoms with van der Waals surface area (Å²) in [6.45, 7) is 0.481. The normalized spacial score (nSPS) is 10.0. The van der Waals surface area contributed by atoms with Crippen LogP contribution >= 0.6 is 0 Å². The third-order valence-corrected chi connectivity index (χ3v) is 1.84. The van der Waals surface area contributed by atoms with Crippen LogP contribution in [0.2, 0.25) is 0 Å². The number of hydrogen-bond donors (Lipinski definition) is 1. The number of nitrogens with zero attached hydrogens (tertiary/aromatic N) is 2. The lowest BCUT2D eigenvalue weighted by Gasteiger charge is -2.14. The minimum absolute atomic E-state index is 0.322. The van der Waals surface area contributed by atoms with Crippen LogP contribution in [0.15, 0.2) is 18.2 Å². The second-order valence-corrected chi connectivity index (χ2v) is 2.80. The summed E-state index contributed by atoms with van der Waals surface area (Å²) in [5, 5.41) is 11.7. The smallest absolute Gasteiger partial charge is 0.173 e. The van der Waals surface area contributed by atoms with Crippen LogP contribution in [-0.2, 0) is 9.47 Å². The van der Waals surface area contributed by atoms with Crippen molar-refractivity contribution in [3.8, 4) is 6.07 Å². The van der Waals surface area contributed by atoms with E-state index < -0.39 is 0 Å². The molecule has 0 aliphatic rings. The largest absolute Gasteiger partial charge is 0.365 e. The van der Waals surface area contributed by atoms with Crippen molar-refractivity contribution in [2.24, 2.45) is 0 Å². The van der Waals surface area contributed by atoms with E-state index in [2.05, 4.69) is 10.3 Å². The van der Waals surface area contributed by atoms with Gasteiger partial charge in [-0.15, -0.1) is 0 Å². The van der Waals surface area contributed by atoms with E-state index >= 15 is 0 Å². The zero-order chi connectivity index (χ0) is 11.1. The lowest BCUT2D eigenvalue weighted by Crippen LogP contribution is -2.24. The Labute approximate surface area is 88.6 Å². The SMILES string of the molecule is COC(CNc1cccc(C#N)n1)OC. The van der Waals surface area contributed by atoms with E-state index in [1.54, 1.807) is 32.4 Å². The van der Waals surface area contributed by atoms with Gasteiger partial charge in [-0.1, -0.05) is 6.07 Å². The molecule has 80 valence electrons. The minimum Gasteiger partial charge on any atom is -0.365 e. The summed E-state index contributed by atoms with van der Waals surface area (Å²) >= 11 is 0. The summed E-state index contributed by atoms with van der Waals surface area (Å²) in [6.07, 6.45) is -0.322. The van der Waals surface area contributed by atoms with Gasteiger partial charge < -0.3 is 14.8 Å². The van der Waals surface area contributed by atoms with Gasteiger partial charge in [0.2, 0.25) is 0 Å². The molecule has 0 atom stereocenters. The number of rotatable bonds is 5. The molecule has 0 amide bonds. The van der Waals surface area contributed by atoms with Crippen LogP contribution in [0.25, 0.3) is 0 Å². The highest BCUT2D eigenvalue weighted by molar-refractivity contribution is 5.38. The van der Waals surface area contributed by atoms with Gasteiger partial charge in [-0.05, 0) is 12.1 Å². The summed E-state index contributed by atoms with van der Waals surface area (Å²) in [6, 6.07) is 7.16. The second-order valence-electron chi connectivity index (χ2n) is 2.80. The molecule has 0 radical (unpaired) electrons. The Hall–Kier alpha value is -1.64. The molecular formula is C10H13N3O2. The van der Waals surface area contributed by atoms with Gasteiger partial charge in [0.25, 0.3) is 0 Å². The number of methoxy groups -OCH3 is 2. The van der Waals surface area contributed by atoms with Gasteiger partial charge in [0.1, 0.15) is 17.6 Å². The van der Waals surface area contributed by atoms with Gasteiger partial charge in [-0.3, -0.25) is 0 Å². The summed E-state index contributed by atoms with van der Waals surface area (Å²) in [5.74, 6) is 0.633. The molecule has 15 heavy (non-hydrogen) atoms. The van der Waals surface area contributed by atoms with E-state index in [4.69, 9.17) is 14.7 Å². The Kier molecular flexibility index (Phi) is 4.54. The van der Waals surface area contributed by atoms with Crippen LogP contribution in [0.5, 0.6) is 0 Å². The number of hydrogen-bond acceptors (Lipinski definition) is 5. The first-order chi connectivity index (χ1) is 7.30. The quantitative estimate of drug-likeness (QED) is 0.729. The molecule has 5 nitrogen and oxygen atoms in total. The maximum atomic E-state index is 8.64. The van der Waals surface area contributed by atoms with Crippen LogP contribution < -0.4 is 5.32 Å². The van der Waals surface area contributed by atoms with Crippen LogP contribution in [-0.4, -0.2) is 32.0 Å². The van der Waals surface area contributed by atoms with E-state index in [-0.39, 0.29) is 6.29 Å². The maximum absolute atomic E-state index is 8.64. The monoisotopic (exact) mass is 207 g/mol. The summed E-state index contributed by atoms with van der Waals surface area (Å²) in [5.41, 5.74) is 0.381. The standard InChI is InChI=1S/C10H13N3O2/c1-14-10(15-2)7-12-9-5-3-4-8(6-11)13-9/h3-5,10H,7H2,1-2H3,(H,12,13). The van der Waals surface area contributed by atoms with Crippen molar-refractivity contribution in [2.75, 3.05) is 26.1 Å². The van der Waals surface area contributed by atoms with Crippen molar-refractivity contribution in [3.05, 3.63) is 23.9 Å². The maximum Gasteiger partial charge on any atom is 0.173 e. The minimum atomic E-state index is -0.322. The predicted molar refractivity (Wildman–Crippen MR) is 55.2 cm³/mol. The second kappa shape index (κ2) is 5.96. The average Bonchev–Trinajstić information content (AvgIpc) is 2.31. The Morgan fingerprint density at radius 1 is 1.47 bits per heavy atom. The summed E-state index contributed by atoms with van der Waals surface area (Å²) in [4.78, 5) is 4.05. The number of nitrogens with one attached hydrogen (secondary N) is 1. The average molecular weight is 207 g/mol. The fraction of sp³-hybridized carbons (Fsp3) is 0.400. The topological polar surface area (TPSA) is 67.2 Å². The molecule has 1 heterocycles. The molecule has 0 aliphatic carbocycles. The molecule has 0 spiro atoms. The van der Waals surface area contributed by atoms with Crippen LogP contribution in [0.3, 0.4) is 0 Å². The van der Waals surface area contributed by atoms with Gasteiger partial charge in [-0.25, -0.2) is 4.98 Å². The highest BCUT2D eigenvalue weighted by atomic mass is 16.7. The Morgan fingerprint density at radius 3 is 2.80 bits per heavy atom. The molecule has 5 heteroatoms. The first-order valence-electron chi connectivity index (χ1n) is 4.46. The van der Waals surface area contributed by atoms with Gasteiger partial charge in [0.15, 0.2) is 6.29 Å². The van der Waals surface area contributed by atoms with Gasteiger partial charge in [0, 0.05) is 14.2 Å².